The minimum Gasteiger partial charge on any atom is -0.497 e. The summed E-state index contributed by atoms with van der Waals surface area (Å²) in [5.74, 6) is 0.539. The predicted molar refractivity (Wildman–Crippen MR) is 123 cm³/mol. The molecule has 1 aromatic carbocycles. The molecular weight excluding hydrogens is 444 g/mol. The molecule has 0 spiro atoms. The number of ether oxygens (including phenoxy) is 1. The van der Waals surface area contributed by atoms with Gasteiger partial charge in [0.15, 0.2) is 0 Å². The van der Waals surface area contributed by atoms with E-state index >= 15 is 0 Å². The third kappa shape index (κ3) is 4.38. The highest BCUT2D eigenvalue weighted by atomic mass is 32.2. The fraction of sp³-hybridized carbons (Fsp3) is 0.409. The largest absolute Gasteiger partial charge is 0.497 e. The smallest absolute Gasteiger partial charge is 0.272 e. The average molecular weight is 473 g/mol. The van der Waals surface area contributed by atoms with Gasteiger partial charge in [0.05, 0.1) is 24.2 Å². The first-order valence-corrected chi connectivity index (χ1v) is 12.2. The molecule has 0 aliphatic carbocycles. The zero-order chi connectivity index (χ0) is 23.8. The topological polar surface area (TPSA) is 113 Å². The van der Waals surface area contributed by atoms with Crippen LogP contribution < -0.4 is 4.74 Å². The van der Waals surface area contributed by atoms with E-state index in [1.54, 1.807) is 43.7 Å². The molecule has 1 amide bonds. The predicted octanol–water partition coefficient (Wildman–Crippen LogP) is 1.97. The summed E-state index contributed by atoms with van der Waals surface area (Å²) in [6.07, 6.45) is 0.543. The van der Waals surface area contributed by atoms with Crippen molar-refractivity contribution in [2.24, 2.45) is 7.05 Å². The summed E-state index contributed by atoms with van der Waals surface area (Å²) in [7, 11) is -0.358. The number of hydrogen-bond acceptors (Lipinski definition) is 6. The van der Waals surface area contributed by atoms with E-state index in [2.05, 4.69) is 15.3 Å². The number of sulfonamides is 1. The zero-order valence-corrected chi connectivity index (χ0v) is 20.0. The number of nitrogens with one attached hydrogen (secondary N) is 1. The van der Waals surface area contributed by atoms with E-state index < -0.39 is 10.0 Å². The standard InChI is InChI=1S/C22H28N6O4S/c1-15-21(16(2)24-23-15)33(30,31)28-10-6-9-27(11-12-28)22(29)20-14-19(25-26(20)3)17-7-5-8-18(13-17)32-4/h5,7-8,13-14H,6,9-12H2,1-4H3,(H,23,24). The fourth-order valence-corrected chi connectivity index (χ4v) is 5.94. The Morgan fingerprint density at radius 2 is 1.91 bits per heavy atom. The Kier molecular flexibility index (Phi) is 6.26. The number of aryl methyl sites for hydroxylation is 3. The molecule has 176 valence electrons. The van der Waals surface area contributed by atoms with E-state index in [-0.39, 0.29) is 17.3 Å². The number of amides is 1. The van der Waals surface area contributed by atoms with E-state index in [9.17, 15) is 13.2 Å². The number of rotatable bonds is 5. The van der Waals surface area contributed by atoms with Gasteiger partial charge in [-0.3, -0.25) is 14.6 Å². The van der Waals surface area contributed by atoms with E-state index in [1.165, 1.54) is 4.31 Å². The second-order valence-corrected chi connectivity index (χ2v) is 9.96. The van der Waals surface area contributed by atoms with Crippen molar-refractivity contribution in [2.75, 3.05) is 33.3 Å². The van der Waals surface area contributed by atoms with E-state index in [1.807, 2.05) is 24.3 Å². The van der Waals surface area contributed by atoms with Crippen LogP contribution in [0.1, 0.15) is 28.3 Å². The summed E-state index contributed by atoms with van der Waals surface area (Å²) in [4.78, 5) is 15.2. The molecule has 1 fully saturated rings. The lowest BCUT2D eigenvalue weighted by Gasteiger charge is -2.22. The Hall–Kier alpha value is -3.18. The van der Waals surface area contributed by atoms with Gasteiger partial charge < -0.3 is 9.64 Å². The fourth-order valence-electron chi connectivity index (χ4n) is 4.14. The van der Waals surface area contributed by atoms with Gasteiger partial charge in [-0.15, -0.1) is 0 Å². The number of aromatic nitrogens is 4. The Labute approximate surface area is 193 Å². The van der Waals surface area contributed by atoms with Gasteiger partial charge in [0.25, 0.3) is 5.91 Å². The van der Waals surface area contributed by atoms with Gasteiger partial charge in [0, 0.05) is 38.8 Å². The highest BCUT2D eigenvalue weighted by Crippen LogP contribution is 2.25. The van der Waals surface area contributed by atoms with Gasteiger partial charge >= 0.3 is 0 Å². The Morgan fingerprint density at radius 3 is 2.61 bits per heavy atom. The normalized spacial score (nSPS) is 15.5. The number of carbonyl (C=O) groups excluding carboxylic acids is 1. The van der Waals surface area contributed by atoms with Crippen LogP contribution in [0.25, 0.3) is 11.3 Å². The molecule has 1 aliphatic heterocycles. The van der Waals surface area contributed by atoms with Crippen LogP contribution in [-0.2, 0) is 17.1 Å². The van der Waals surface area contributed by atoms with Crippen molar-refractivity contribution >= 4 is 15.9 Å². The van der Waals surface area contributed by atoms with Crippen molar-refractivity contribution in [1.82, 2.24) is 29.2 Å². The number of nitrogens with zero attached hydrogens (tertiary/aromatic N) is 5. The summed E-state index contributed by atoms with van der Waals surface area (Å²) >= 11 is 0. The lowest BCUT2D eigenvalue weighted by molar-refractivity contribution is 0.0753. The summed E-state index contributed by atoms with van der Waals surface area (Å²) < 4.78 is 34.7. The number of aromatic amines is 1. The Balaban J connectivity index is 1.52. The van der Waals surface area contributed by atoms with Crippen molar-refractivity contribution in [2.45, 2.75) is 25.2 Å². The van der Waals surface area contributed by atoms with Crippen molar-refractivity contribution in [1.29, 1.82) is 0 Å². The van der Waals surface area contributed by atoms with Crippen LogP contribution in [0, 0.1) is 13.8 Å². The van der Waals surface area contributed by atoms with Crippen LogP contribution in [0.15, 0.2) is 35.2 Å². The highest BCUT2D eigenvalue weighted by molar-refractivity contribution is 7.89. The molecule has 1 saturated heterocycles. The third-order valence-electron chi connectivity index (χ3n) is 5.86. The average Bonchev–Trinajstić information content (AvgIpc) is 3.23. The monoisotopic (exact) mass is 472 g/mol. The van der Waals surface area contributed by atoms with Gasteiger partial charge in [-0.05, 0) is 38.5 Å². The van der Waals surface area contributed by atoms with Gasteiger partial charge in [0.2, 0.25) is 10.0 Å². The van der Waals surface area contributed by atoms with E-state index in [0.717, 1.165) is 5.56 Å². The summed E-state index contributed by atoms with van der Waals surface area (Å²) in [6.45, 7) is 4.70. The first-order valence-electron chi connectivity index (χ1n) is 10.7. The number of carbonyl (C=O) groups is 1. The van der Waals surface area contributed by atoms with Gasteiger partial charge in [0.1, 0.15) is 16.3 Å². The first-order chi connectivity index (χ1) is 15.7. The molecule has 10 nitrogen and oxygen atoms in total. The first kappa shape index (κ1) is 23.0. The minimum absolute atomic E-state index is 0.172. The molecule has 33 heavy (non-hydrogen) atoms. The zero-order valence-electron chi connectivity index (χ0n) is 19.2. The van der Waals surface area contributed by atoms with E-state index in [0.29, 0.717) is 54.6 Å². The maximum absolute atomic E-state index is 13.3. The Morgan fingerprint density at radius 1 is 1.12 bits per heavy atom. The highest BCUT2D eigenvalue weighted by Gasteiger charge is 2.32. The van der Waals surface area contributed by atoms with Crippen molar-refractivity contribution in [3.8, 4) is 17.0 Å². The van der Waals surface area contributed by atoms with E-state index in [4.69, 9.17) is 4.74 Å². The molecule has 4 rings (SSSR count). The number of methoxy groups -OCH3 is 1. The van der Waals surface area contributed by atoms with Gasteiger partial charge in [-0.1, -0.05) is 12.1 Å². The molecule has 0 radical (unpaired) electrons. The second-order valence-electron chi connectivity index (χ2n) is 8.08. The molecule has 1 N–H and O–H groups in total. The van der Waals surface area contributed by atoms with Gasteiger partial charge in [-0.25, -0.2) is 8.42 Å². The second kappa shape index (κ2) is 8.99. The van der Waals surface area contributed by atoms with Crippen LogP contribution in [0.5, 0.6) is 5.75 Å². The van der Waals surface area contributed by atoms with Crippen molar-refractivity contribution < 1.29 is 17.9 Å². The molecule has 3 aromatic rings. The summed E-state index contributed by atoms with van der Waals surface area (Å²) in [6, 6.07) is 9.26. The number of H-pyrrole nitrogens is 1. The lowest BCUT2D eigenvalue weighted by atomic mass is 10.1. The third-order valence-corrected chi connectivity index (χ3v) is 8.03. The molecule has 3 heterocycles. The van der Waals surface area contributed by atoms with Crippen molar-refractivity contribution in [3.05, 3.63) is 47.4 Å². The van der Waals surface area contributed by atoms with Gasteiger partial charge in [-0.2, -0.15) is 14.5 Å². The number of hydrogen-bond donors (Lipinski definition) is 1. The maximum Gasteiger partial charge on any atom is 0.272 e. The molecule has 0 bridgehead atoms. The lowest BCUT2D eigenvalue weighted by Crippen LogP contribution is -2.38. The maximum atomic E-state index is 13.3. The van der Waals surface area contributed by atoms with Crippen LogP contribution in [0.4, 0.5) is 0 Å². The van der Waals surface area contributed by atoms with Crippen LogP contribution in [-0.4, -0.2) is 76.8 Å². The van der Waals surface area contributed by atoms with Crippen molar-refractivity contribution in [3.63, 3.8) is 0 Å². The molecule has 0 saturated carbocycles. The van der Waals surface area contributed by atoms with Crippen LogP contribution in [0.2, 0.25) is 0 Å². The molecule has 2 aromatic heterocycles. The Bertz CT molecular complexity index is 1260. The SMILES string of the molecule is COc1cccc(-c2cc(C(=O)N3CCCN(S(=O)(=O)c4c(C)n[nH]c4C)CC3)n(C)n2)c1. The molecule has 0 atom stereocenters. The summed E-state index contributed by atoms with van der Waals surface area (Å²) in [5.41, 5.74) is 2.94. The number of benzene rings is 1. The quantitative estimate of drug-likeness (QED) is 0.607. The minimum atomic E-state index is -3.69. The van der Waals surface area contributed by atoms with Crippen LogP contribution in [0.3, 0.4) is 0 Å². The molecule has 11 heteroatoms. The molecule has 1 aliphatic rings. The molecular formula is C22H28N6O4S. The summed E-state index contributed by atoms with van der Waals surface area (Å²) in [5, 5.41) is 11.3. The molecule has 0 unspecified atom stereocenters. The van der Waals surface area contributed by atoms with Crippen LogP contribution >= 0.6 is 0 Å².